The zero-order valence-corrected chi connectivity index (χ0v) is 17.6. The second kappa shape index (κ2) is 8.50. The van der Waals surface area contributed by atoms with Crippen LogP contribution in [0.4, 0.5) is 18.9 Å². The minimum Gasteiger partial charge on any atom is -0.406 e. The molecule has 0 fully saturated rings. The van der Waals surface area contributed by atoms with Crippen molar-refractivity contribution in [2.24, 2.45) is 5.84 Å². The van der Waals surface area contributed by atoms with Gasteiger partial charge in [-0.2, -0.15) is 4.98 Å². The number of nitrogens with zero attached hydrogens (tertiary/aromatic N) is 3. The highest BCUT2D eigenvalue weighted by Crippen LogP contribution is 2.29. The molecule has 1 amide bonds. The molecule has 0 spiro atoms. The van der Waals surface area contributed by atoms with E-state index < -0.39 is 12.3 Å². The number of amides is 1. The Hall–Kier alpha value is -3.60. The topological polar surface area (TPSA) is 121 Å². The number of nitrogen functional groups attached to an aromatic ring is 1. The van der Waals surface area contributed by atoms with E-state index >= 15 is 0 Å². The van der Waals surface area contributed by atoms with Gasteiger partial charge in [-0.15, -0.1) is 13.2 Å². The molecule has 0 radical (unpaired) electrons. The number of aromatic nitrogens is 2. The van der Waals surface area contributed by atoms with Crippen LogP contribution >= 0.6 is 0 Å². The molecular weight excluding hydrogens is 427 g/mol. The zero-order chi connectivity index (χ0) is 23.7. The molecule has 32 heavy (non-hydrogen) atoms. The van der Waals surface area contributed by atoms with E-state index in [-0.39, 0.29) is 34.9 Å². The smallest absolute Gasteiger partial charge is 0.406 e. The van der Waals surface area contributed by atoms with Crippen LogP contribution in [-0.4, -0.2) is 27.4 Å². The molecule has 1 heterocycles. The second-order valence-electron chi connectivity index (χ2n) is 8.07. The molecule has 3 aromatic rings. The maximum atomic E-state index is 12.9. The quantitative estimate of drug-likeness (QED) is 0.261. The molecule has 0 saturated heterocycles. The van der Waals surface area contributed by atoms with Crippen LogP contribution in [0.25, 0.3) is 11.1 Å². The van der Waals surface area contributed by atoms with Crippen molar-refractivity contribution in [3.63, 3.8) is 0 Å². The molecule has 11 heteroatoms. The van der Waals surface area contributed by atoms with Crippen LogP contribution in [-0.2, 0) is 12.0 Å². The third-order valence-electron chi connectivity index (χ3n) is 4.41. The summed E-state index contributed by atoms with van der Waals surface area (Å²) < 4.78 is 46.0. The molecule has 170 valence electrons. The molecule has 3 rings (SSSR count). The average molecular weight is 449 g/mol. The lowest BCUT2D eigenvalue weighted by Gasteiger charge is -2.17. The van der Waals surface area contributed by atoms with Crippen molar-refractivity contribution in [1.82, 2.24) is 15.1 Å². The molecule has 4 N–H and O–H groups in total. The Morgan fingerprint density at radius 3 is 2.28 bits per heavy atom. The highest BCUT2D eigenvalue weighted by atomic mass is 19.4. The number of ether oxygens (including phenoxy) is 1. The Bertz CT molecular complexity index is 1110. The number of carbonyl (C=O) groups excluding carboxylic acids is 1. The summed E-state index contributed by atoms with van der Waals surface area (Å²) >= 11 is 0. The number of nitrogens with two attached hydrogens (primary N) is 2. The maximum absolute atomic E-state index is 12.9. The number of hydrazine groups is 1. The van der Waals surface area contributed by atoms with Crippen LogP contribution in [0.15, 0.2) is 47.0 Å². The highest BCUT2D eigenvalue weighted by molar-refractivity contribution is 6.00. The van der Waals surface area contributed by atoms with Gasteiger partial charge in [0.15, 0.2) is 5.82 Å². The predicted octanol–water partition coefficient (Wildman–Crippen LogP) is 4.03. The number of alkyl halides is 3. The van der Waals surface area contributed by atoms with Gasteiger partial charge in [-0.25, -0.2) is 5.84 Å². The lowest BCUT2D eigenvalue weighted by atomic mass is 9.96. The molecule has 0 saturated carbocycles. The van der Waals surface area contributed by atoms with Crippen molar-refractivity contribution in [2.45, 2.75) is 39.1 Å². The summed E-state index contributed by atoms with van der Waals surface area (Å²) in [4.78, 5) is 17.1. The number of anilines is 1. The Morgan fingerprint density at radius 1 is 1.09 bits per heavy atom. The fourth-order valence-electron chi connectivity index (χ4n) is 2.77. The molecule has 0 aliphatic heterocycles. The van der Waals surface area contributed by atoms with Crippen LogP contribution in [0.2, 0.25) is 0 Å². The molecule has 8 nitrogen and oxygen atoms in total. The van der Waals surface area contributed by atoms with E-state index in [9.17, 15) is 18.0 Å². The fraction of sp³-hybridized carbons (Fsp3) is 0.286. The summed E-state index contributed by atoms with van der Waals surface area (Å²) in [5, 5.41) is 4.79. The van der Waals surface area contributed by atoms with Gasteiger partial charge in [0.1, 0.15) is 12.3 Å². The molecule has 0 aliphatic carbocycles. The van der Waals surface area contributed by atoms with Crippen molar-refractivity contribution >= 4 is 11.6 Å². The lowest BCUT2D eigenvalue weighted by Crippen LogP contribution is -2.37. The Morgan fingerprint density at radius 2 is 1.72 bits per heavy atom. The first-order valence-electron chi connectivity index (χ1n) is 9.49. The van der Waals surface area contributed by atoms with Crippen molar-refractivity contribution < 1.29 is 27.2 Å². The Labute approximate surface area is 181 Å². The minimum atomic E-state index is -4.78. The van der Waals surface area contributed by atoms with Crippen LogP contribution in [0, 0.1) is 0 Å². The molecule has 0 bridgehead atoms. The van der Waals surface area contributed by atoms with Gasteiger partial charge in [-0.1, -0.05) is 44.1 Å². The number of hydrogen-bond donors (Lipinski definition) is 2. The summed E-state index contributed by atoms with van der Waals surface area (Å²) in [6.07, 6.45) is -4.78. The predicted molar refractivity (Wildman–Crippen MR) is 110 cm³/mol. The van der Waals surface area contributed by atoms with E-state index in [2.05, 4.69) is 14.9 Å². The van der Waals surface area contributed by atoms with Crippen LogP contribution in [0.5, 0.6) is 5.75 Å². The third kappa shape index (κ3) is 5.55. The highest BCUT2D eigenvalue weighted by Gasteiger charge is 2.31. The maximum Gasteiger partial charge on any atom is 0.573 e. The molecule has 0 aliphatic rings. The van der Waals surface area contributed by atoms with Crippen LogP contribution in [0.1, 0.15) is 42.8 Å². The number of hydrogen-bond acceptors (Lipinski definition) is 7. The van der Waals surface area contributed by atoms with E-state index in [1.54, 1.807) is 6.07 Å². The first-order valence-corrected chi connectivity index (χ1v) is 9.49. The lowest BCUT2D eigenvalue weighted by molar-refractivity contribution is -0.274. The molecule has 0 unspecified atom stereocenters. The third-order valence-corrected chi connectivity index (χ3v) is 4.41. The summed E-state index contributed by atoms with van der Waals surface area (Å²) in [5.41, 5.74) is 7.05. The first-order chi connectivity index (χ1) is 14.8. The van der Waals surface area contributed by atoms with Gasteiger partial charge in [0.2, 0.25) is 5.89 Å². The molecule has 0 atom stereocenters. The Balaban J connectivity index is 1.78. The fourth-order valence-corrected chi connectivity index (χ4v) is 2.77. The Kier molecular flexibility index (Phi) is 6.13. The molecule has 1 aromatic heterocycles. The van der Waals surface area contributed by atoms with Gasteiger partial charge in [-0.05, 0) is 35.4 Å². The van der Waals surface area contributed by atoms with Gasteiger partial charge >= 0.3 is 6.36 Å². The summed E-state index contributed by atoms with van der Waals surface area (Å²) in [6, 6.07) is 9.89. The summed E-state index contributed by atoms with van der Waals surface area (Å²) in [7, 11) is 0. The van der Waals surface area contributed by atoms with Gasteiger partial charge in [0.25, 0.3) is 5.91 Å². The van der Waals surface area contributed by atoms with Crippen molar-refractivity contribution in [2.75, 3.05) is 5.73 Å². The summed E-state index contributed by atoms with van der Waals surface area (Å²) in [6.45, 7) is 5.62. The number of halogens is 3. The zero-order valence-electron chi connectivity index (χ0n) is 17.6. The van der Waals surface area contributed by atoms with Gasteiger partial charge in [0, 0.05) is 11.1 Å². The number of carbonyl (C=O) groups is 1. The van der Waals surface area contributed by atoms with Crippen molar-refractivity contribution in [3.05, 3.63) is 59.7 Å². The van der Waals surface area contributed by atoms with Crippen molar-refractivity contribution in [1.29, 1.82) is 0 Å². The van der Waals surface area contributed by atoms with Crippen molar-refractivity contribution in [3.8, 4) is 16.9 Å². The van der Waals surface area contributed by atoms with Gasteiger partial charge in [0.05, 0.1) is 5.56 Å². The van der Waals surface area contributed by atoms with Crippen LogP contribution in [0.3, 0.4) is 0 Å². The number of benzene rings is 2. The van der Waals surface area contributed by atoms with E-state index in [1.807, 2.05) is 20.8 Å². The van der Waals surface area contributed by atoms with Crippen LogP contribution < -0.4 is 16.3 Å². The van der Waals surface area contributed by atoms with E-state index in [0.717, 1.165) is 5.01 Å². The monoisotopic (exact) mass is 449 g/mol. The summed E-state index contributed by atoms with van der Waals surface area (Å²) in [5.74, 6) is 5.62. The first kappa shape index (κ1) is 23.1. The second-order valence-corrected chi connectivity index (χ2v) is 8.07. The van der Waals surface area contributed by atoms with E-state index in [0.29, 0.717) is 17.0 Å². The largest absolute Gasteiger partial charge is 0.573 e. The minimum absolute atomic E-state index is 0.121. The average Bonchev–Trinajstić information content (AvgIpc) is 3.16. The number of rotatable bonds is 5. The SMILES string of the molecule is CC(C)(C)c1noc(CN(N)C(=O)c2cc(-c3ccc(OC(F)(F)F)cc3)ccc2N)n1. The normalized spacial score (nSPS) is 12.0. The van der Waals surface area contributed by atoms with E-state index in [4.69, 9.17) is 16.1 Å². The molecule has 2 aromatic carbocycles. The van der Waals surface area contributed by atoms with Gasteiger partial charge in [-0.3, -0.25) is 9.80 Å². The van der Waals surface area contributed by atoms with Gasteiger partial charge < -0.3 is 15.0 Å². The van der Waals surface area contributed by atoms with E-state index in [1.165, 1.54) is 36.4 Å². The molecular formula is C21H22F3N5O3. The standard InChI is InChI=1S/C21H22F3N5O3/c1-20(2,3)19-27-17(32-28-19)11-29(26)18(30)15-10-13(6-9-16(15)25)12-4-7-14(8-5-12)31-21(22,23)24/h4-10H,11,25-26H2,1-3H3.